The van der Waals surface area contributed by atoms with Crippen molar-refractivity contribution >= 4 is 11.4 Å². The summed E-state index contributed by atoms with van der Waals surface area (Å²) in [6.45, 7) is 4.73. The lowest BCUT2D eigenvalue weighted by atomic mass is 10.2. The maximum atomic E-state index is 5.95. The zero-order valence-electron chi connectivity index (χ0n) is 15.4. The van der Waals surface area contributed by atoms with Gasteiger partial charge in [-0.1, -0.05) is 24.3 Å². The second kappa shape index (κ2) is 8.39. The first-order valence-electron chi connectivity index (χ1n) is 8.73. The van der Waals surface area contributed by atoms with Crippen LogP contribution in [0.1, 0.15) is 19.4 Å². The molecule has 0 aliphatic rings. The van der Waals surface area contributed by atoms with Crippen molar-refractivity contribution in [1.82, 2.24) is 4.98 Å². The Kier molecular flexibility index (Phi) is 5.74. The molecule has 4 nitrogen and oxygen atoms in total. The van der Waals surface area contributed by atoms with Crippen molar-refractivity contribution in [3.05, 3.63) is 78.6 Å². The molecule has 0 bridgehead atoms. The Hall–Kier alpha value is -3.01. The first kappa shape index (κ1) is 17.8. The average Bonchev–Trinajstić information content (AvgIpc) is 2.67. The highest BCUT2D eigenvalue weighted by Gasteiger charge is 2.14. The molecule has 0 amide bonds. The van der Waals surface area contributed by atoms with Crippen LogP contribution in [-0.2, 0) is 6.54 Å². The van der Waals surface area contributed by atoms with E-state index in [2.05, 4.69) is 34.1 Å². The van der Waals surface area contributed by atoms with E-state index in [1.165, 1.54) is 0 Å². The standard InChI is InChI=1S/C22H24N2O2/c1-17(2)26-22-14-20(11-12-21(22)25-3)24(19-9-5-4-6-10-19)16-18-8-7-13-23-15-18/h4-15,17H,16H2,1-3H3. The zero-order chi connectivity index (χ0) is 18.4. The van der Waals surface area contributed by atoms with E-state index in [-0.39, 0.29) is 6.10 Å². The largest absolute Gasteiger partial charge is 0.493 e. The van der Waals surface area contributed by atoms with Gasteiger partial charge in [0.1, 0.15) is 0 Å². The molecule has 0 unspecified atom stereocenters. The maximum absolute atomic E-state index is 5.95. The molecule has 1 heterocycles. The second-order valence-corrected chi connectivity index (χ2v) is 6.28. The van der Waals surface area contributed by atoms with Crippen molar-refractivity contribution < 1.29 is 9.47 Å². The average molecular weight is 348 g/mol. The second-order valence-electron chi connectivity index (χ2n) is 6.28. The van der Waals surface area contributed by atoms with Crippen LogP contribution in [0.25, 0.3) is 0 Å². The van der Waals surface area contributed by atoms with Gasteiger partial charge in [-0.25, -0.2) is 0 Å². The number of anilines is 2. The number of methoxy groups -OCH3 is 1. The molecule has 0 spiro atoms. The molecule has 0 radical (unpaired) electrons. The van der Waals surface area contributed by atoms with Crippen molar-refractivity contribution in [3.8, 4) is 11.5 Å². The van der Waals surface area contributed by atoms with E-state index in [0.29, 0.717) is 6.54 Å². The molecular formula is C22H24N2O2. The molecule has 0 saturated carbocycles. The Balaban J connectivity index is 2.01. The fourth-order valence-corrected chi connectivity index (χ4v) is 2.79. The molecule has 0 aliphatic carbocycles. The molecular weight excluding hydrogens is 324 g/mol. The molecule has 0 saturated heterocycles. The minimum Gasteiger partial charge on any atom is -0.493 e. The van der Waals surface area contributed by atoms with E-state index >= 15 is 0 Å². The van der Waals surface area contributed by atoms with Gasteiger partial charge in [0.25, 0.3) is 0 Å². The summed E-state index contributed by atoms with van der Waals surface area (Å²) in [7, 11) is 1.66. The number of pyridine rings is 1. The van der Waals surface area contributed by atoms with Gasteiger partial charge in [-0.15, -0.1) is 0 Å². The number of aromatic nitrogens is 1. The Morgan fingerprint density at radius 1 is 0.923 bits per heavy atom. The molecule has 0 N–H and O–H groups in total. The van der Waals surface area contributed by atoms with Gasteiger partial charge in [-0.2, -0.15) is 0 Å². The molecule has 2 aromatic carbocycles. The normalized spacial score (nSPS) is 10.6. The minimum atomic E-state index is 0.0719. The van der Waals surface area contributed by atoms with E-state index < -0.39 is 0 Å². The van der Waals surface area contributed by atoms with Gasteiger partial charge in [-0.3, -0.25) is 4.98 Å². The molecule has 3 aromatic rings. The lowest BCUT2D eigenvalue weighted by Gasteiger charge is -2.26. The number of benzene rings is 2. The van der Waals surface area contributed by atoms with Crippen molar-refractivity contribution in [3.63, 3.8) is 0 Å². The number of hydrogen-bond donors (Lipinski definition) is 0. The number of hydrogen-bond acceptors (Lipinski definition) is 4. The molecule has 3 rings (SSSR count). The Bertz CT molecular complexity index is 820. The Labute approximate surface area is 155 Å². The van der Waals surface area contributed by atoms with Crippen LogP contribution in [-0.4, -0.2) is 18.2 Å². The first-order chi connectivity index (χ1) is 12.7. The van der Waals surface area contributed by atoms with Crippen molar-refractivity contribution in [1.29, 1.82) is 0 Å². The smallest absolute Gasteiger partial charge is 0.163 e. The van der Waals surface area contributed by atoms with E-state index in [1.807, 2.05) is 56.4 Å². The molecule has 0 atom stereocenters. The monoisotopic (exact) mass is 348 g/mol. The van der Waals surface area contributed by atoms with Crippen molar-refractivity contribution in [2.24, 2.45) is 0 Å². The topological polar surface area (TPSA) is 34.6 Å². The van der Waals surface area contributed by atoms with Gasteiger partial charge in [-0.05, 0) is 49.7 Å². The minimum absolute atomic E-state index is 0.0719. The summed E-state index contributed by atoms with van der Waals surface area (Å²) in [5, 5.41) is 0. The summed E-state index contributed by atoms with van der Waals surface area (Å²) in [6, 6.07) is 20.4. The number of nitrogens with zero attached hydrogens (tertiary/aromatic N) is 2. The lowest BCUT2D eigenvalue weighted by molar-refractivity contribution is 0.230. The molecule has 4 heteroatoms. The molecule has 1 aromatic heterocycles. The van der Waals surface area contributed by atoms with Gasteiger partial charge >= 0.3 is 0 Å². The van der Waals surface area contributed by atoms with Crippen LogP contribution >= 0.6 is 0 Å². The summed E-state index contributed by atoms with van der Waals surface area (Å²) < 4.78 is 11.4. The third kappa shape index (κ3) is 4.33. The van der Waals surface area contributed by atoms with Crippen molar-refractivity contribution in [2.75, 3.05) is 12.0 Å². The number of rotatable bonds is 7. The summed E-state index contributed by atoms with van der Waals surface area (Å²) in [4.78, 5) is 6.48. The van der Waals surface area contributed by atoms with Crippen LogP contribution in [0.15, 0.2) is 73.1 Å². The third-order valence-electron chi connectivity index (χ3n) is 3.95. The summed E-state index contributed by atoms with van der Waals surface area (Å²) in [5.74, 6) is 1.48. The third-order valence-corrected chi connectivity index (χ3v) is 3.95. The van der Waals surface area contributed by atoms with E-state index in [1.54, 1.807) is 13.3 Å². The van der Waals surface area contributed by atoms with Gasteiger partial charge in [0.15, 0.2) is 11.5 Å². The predicted octanol–water partition coefficient (Wildman–Crippen LogP) is 5.22. The highest BCUT2D eigenvalue weighted by molar-refractivity contribution is 5.66. The Morgan fingerprint density at radius 2 is 1.73 bits per heavy atom. The quantitative estimate of drug-likeness (QED) is 0.586. The fourth-order valence-electron chi connectivity index (χ4n) is 2.79. The number of ether oxygens (including phenoxy) is 2. The predicted molar refractivity (Wildman–Crippen MR) is 105 cm³/mol. The van der Waals surface area contributed by atoms with E-state index in [4.69, 9.17) is 9.47 Å². The molecule has 0 aliphatic heterocycles. The van der Waals surface area contributed by atoms with Gasteiger partial charge in [0, 0.05) is 36.4 Å². The lowest BCUT2D eigenvalue weighted by Crippen LogP contribution is -2.17. The van der Waals surface area contributed by atoms with Crippen LogP contribution in [0.3, 0.4) is 0 Å². The summed E-state index contributed by atoms with van der Waals surface area (Å²) in [5.41, 5.74) is 3.28. The zero-order valence-corrected chi connectivity index (χ0v) is 15.4. The van der Waals surface area contributed by atoms with Crippen LogP contribution in [0.5, 0.6) is 11.5 Å². The van der Waals surface area contributed by atoms with Crippen molar-refractivity contribution in [2.45, 2.75) is 26.5 Å². The highest BCUT2D eigenvalue weighted by atomic mass is 16.5. The number of para-hydroxylation sites is 1. The van der Waals surface area contributed by atoms with Gasteiger partial charge in [0.2, 0.25) is 0 Å². The van der Waals surface area contributed by atoms with Crippen LogP contribution in [0.4, 0.5) is 11.4 Å². The molecule has 0 fully saturated rings. The maximum Gasteiger partial charge on any atom is 0.163 e. The summed E-state index contributed by atoms with van der Waals surface area (Å²) >= 11 is 0. The SMILES string of the molecule is COc1ccc(N(Cc2cccnc2)c2ccccc2)cc1OC(C)C. The molecule has 134 valence electrons. The fraction of sp³-hybridized carbons (Fsp3) is 0.227. The van der Waals surface area contributed by atoms with Crippen LogP contribution in [0.2, 0.25) is 0 Å². The summed E-state index contributed by atoms with van der Waals surface area (Å²) in [6.07, 6.45) is 3.76. The van der Waals surface area contributed by atoms with Crippen LogP contribution in [0, 0.1) is 0 Å². The van der Waals surface area contributed by atoms with E-state index in [0.717, 1.165) is 28.4 Å². The van der Waals surface area contributed by atoms with E-state index in [9.17, 15) is 0 Å². The molecule has 26 heavy (non-hydrogen) atoms. The van der Waals surface area contributed by atoms with Gasteiger partial charge < -0.3 is 14.4 Å². The van der Waals surface area contributed by atoms with Gasteiger partial charge in [0.05, 0.1) is 13.2 Å². The first-order valence-corrected chi connectivity index (χ1v) is 8.73. The highest BCUT2D eigenvalue weighted by Crippen LogP contribution is 2.36. The van der Waals surface area contributed by atoms with Crippen LogP contribution < -0.4 is 14.4 Å². The Morgan fingerprint density at radius 3 is 2.38 bits per heavy atom.